The molecule has 1 aromatic carbocycles. The zero-order valence-electron chi connectivity index (χ0n) is 13.2. The molecule has 1 heterocycles. The van der Waals surface area contributed by atoms with Crippen molar-refractivity contribution in [1.82, 2.24) is 10.2 Å². The molecule has 1 aliphatic heterocycles. The summed E-state index contributed by atoms with van der Waals surface area (Å²) in [5.74, 6) is -0.109. The van der Waals surface area contributed by atoms with E-state index in [2.05, 4.69) is 19.2 Å². The van der Waals surface area contributed by atoms with Gasteiger partial charge in [-0.05, 0) is 32.3 Å². The van der Waals surface area contributed by atoms with Gasteiger partial charge in [-0.3, -0.25) is 9.59 Å². The molecule has 1 unspecified atom stereocenters. The molecule has 4 heteroatoms. The summed E-state index contributed by atoms with van der Waals surface area (Å²) in [6.07, 6.45) is 1.68. The van der Waals surface area contributed by atoms with Gasteiger partial charge in [0.1, 0.15) is 11.6 Å². The summed E-state index contributed by atoms with van der Waals surface area (Å²) in [5.41, 5.74) is 0.0241. The summed E-state index contributed by atoms with van der Waals surface area (Å²) in [6, 6.07) is 9.08. The molecule has 1 aliphatic rings. The van der Waals surface area contributed by atoms with Gasteiger partial charge in [0.2, 0.25) is 11.8 Å². The molecule has 2 amide bonds. The van der Waals surface area contributed by atoms with E-state index in [1.54, 1.807) is 18.7 Å². The van der Waals surface area contributed by atoms with Crippen LogP contribution in [0.25, 0.3) is 0 Å². The topological polar surface area (TPSA) is 49.4 Å². The lowest BCUT2D eigenvalue weighted by atomic mass is 9.90. The molecule has 0 aromatic heterocycles. The van der Waals surface area contributed by atoms with Gasteiger partial charge in [0.25, 0.3) is 0 Å². The lowest BCUT2D eigenvalue weighted by Gasteiger charge is -2.46. The number of rotatable bonds is 4. The first kappa shape index (κ1) is 15.5. The van der Waals surface area contributed by atoms with Gasteiger partial charge in [-0.2, -0.15) is 0 Å². The van der Waals surface area contributed by atoms with Crippen LogP contribution in [-0.4, -0.2) is 28.3 Å². The van der Waals surface area contributed by atoms with Crippen molar-refractivity contribution in [3.05, 3.63) is 35.9 Å². The first-order valence-electron chi connectivity index (χ1n) is 7.62. The molecule has 0 saturated carbocycles. The third kappa shape index (κ3) is 2.80. The molecule has 2 rings (SSSR count). The minimum atomic E-state index is -0.842. The minimum absolute atomic E-state index is 0.00958. The lowest BCUT2D eigenvalue weighted by molar-refractivity contribution is -0.157. The van der Waals surface area contributed by atoms with E-state index >= 15 is 0 Å². The highest BCUT2D eigenvalue weighted by Crippen LogP contribution is 2.32. The number of carbonyl (C=O) groups excluding carboxylic acids is 2. The molecule has 4 nitrogen and oxygen atoms in total. The first-order valence-corrected chi connectivity index (χ1v) is 7.62. The number of amides is 2. The van der Waals surface area contributed by atoms with E-state index < -0.39 is 11.6 Å². The Kier molecular flexibility index (Phi) is 4.35. The summed E-state index contributed by atoms with van der Waals surface area (Å²) >= 11 is 0. The zero-order chi connectivity index (χ0) is 15.6. The number of nitrogens with zero attached hydrogens (tertiary/aromatic N) is 1. The van der Waals surface area contributed by atoms with E-state index in [9.17, 15) is 9.59 Å². The largest absolute Gasteiger partial charge is 0.340 e. The van der Waals surface area contributed by atoms with Gasteiger partial charge < -0.3 is 10.2 Å². The van der Waals surface area contributed by atoms with Gasteiger partial charge in [0, 0.05) is 6.04 Å². The lowest BCUT2D eigenvalue weighted by Crippen LogP contribution is -2.66. The van der Waals surface area contributed by atoms with E-state index in [1.165, 1.54) is 0 Å². The van der Waals surface area contributed by atoms with Crippen molar-refractivity contribution in [2.24, 2.45) is 0 Å². The summed E-state index contributed by atoms with van der Waals surface area (Å²) in [4.78, 5) is 27.2. The molecular weight excluding hydrogens is 264 g/mol. The third-order valence-corrected chi connectivity index (χ3v) is 4.18. The predicted molar refractivity (Wildman–Crippen MR) is 82.6 cm³/mol. The second-order valence-corrected chi connectivity index (χ2v) is 6.11. The van der Waals surface area contributed by atoms with Crippen molar-refractivity contribution < 1.29 is 9.59 Å². The van der Waals surface area contributed by atoms with E-state index in [0.717, 1.165) is 18.4 Å². The van der Waals surface area contributed by atoms with Crippen molar-refractivity contribution in [3.8, 4) is 0 Å². The molecule has 1 aromatic rings. The molecule has 0 radical (unpaired) electrons. The number of hydrogen-bond acceptors (Lipinski definition) is 2. The van der Waals surface area contributed by atoms with Crippen LogP contribution in [0.5, 0.6) is 0 Å². The van der Waals surface area contributed by atoms with E-state index in [1.807, 2.05) is 30.3 Å². The normalized spacial score (nSPS) is 21.6. The number of benzene rings is 1. The van der Waals surface area contributed by atoms with Gasteiger partial charge in [0.15, 0.2) is 0 Å². The molecule has 0 spiro atoms. The fourth-order valence-electron chi connectivity index (χ4n) is 3.00. The Balaban J connectivity index is 2.49. The Morgan fingerprint density at radius 1 is 1.14 bits per heavy atom. The summed E-state index contributed by atoms with van der Waals surface area (Å²) in [7, 11) is 0. The Morgan fingerprint density at radius 2 is 1.71 bits per heavy atom. The molecule has 1 saturated heterocycles. The third-order valence-electron chi connectivity index (χ3n) is 4.18. The number of nitrogens with one attached hydrogen (secondary N) is 1. The molecule has 1 fully saturated rings. The second-order valence-electron chi connectivity index (χ2n) is 6.11. The van der Waals surface area contributed by atoms with Crippen molar-refractivity contribution in [3.63, 3.8) is 0 Å². The van der Waals surface area contributed by atoms with E-state index in [4.69, 9.17) is 0 Å². The van der Waals surface area contributed by atoms with Crippen molar-refractivity contribution in [1.29, 1.82) is 0 Å². The molecule has 0 aliphatic carbocycles. The van der Waals surface area contributed by atoms with Crippen LogP contribution in [0, 0.1) is 0 Å². The molecule has 0 bridgehead atoms. The van der Waals surface area contributed by atoms with Crippen LogP contribution in [0.3, 0.4) is 0 Å². The monoisotopic (exact) mass is 288 g/mol. The van der Waals surface area contributed by atoms with Crippen LogP contribution in [0.2, 0.25) is 0 Å². The van der Waals surface area contributed by atoms with E-state index in [-0.39, 0.29) is 17.9 Å². The SMILES string of the molecule is CCC(CC)N1C(=O)C(C)(C)NC(=O)C1c1ccccc1. The average Bonchev–Trinajstić information content (AvgIpc) is 2.46. The smallest absolute Gasteiger partial charge is 0.248 e. The van der Waals surface area contributed by atoms with Crippen LogP contribution < -0.4 is 5.32 Å². The van der Waals surface area contributed by atoms with Gasteiger partial charge in [0.05, 0.1) is 0 Å². The molecular formula is C17H24N2O2. The molecule has 1 atom stereocenters. The number of carbonyl (C=O) groups is 2. The predicted octanol–water partition coefficient (Wildman–Crippen LogP) is 2.65. The van der Waals surface area contributed by atoms with Crippen LogP contribution in [0.4, 0.5) is 0 Å². The van der Waals surface area contributed by atoms with Crippen LogP contribution in [0.1, 0.15) is 52.1 Å². The number of hydrogen-bond donors (Lipinski definition) is 1. The van der Waals surface area contributed by atoms with Gasteiger partial charge in [-0.1, -0.05) is 44.2 Å². The Morgan fingerprint density at radius 3 is 2.24 bits per heavy atom. The highest BCUT2D eigenvalue weighted by molar-refractivity contribution is 6.00. The maximum atomic E-state index is 12.8. The van der Waals surface area contributed by atoms with Crippen LogP contribution in [-0.2, 0) is 9.59 Å². The zero-order valence-corrected chi connectivity index (χ0v) is 13.2. The van der Waals surface area contributed by atoms with Gasteiger partial charge in [-0.25, -0.2) is 0 Å². The van der Waals surface area contributed by atoms with Crippen LogP contribution in [0.15, 0.2) is 30.3 Å². The van der Waals surface area contributed by atoms with Gasteiger partial charge in [-0.15, -0.1) is 0 Å². The maximum absolute atomic E-state index is 12.8. The summed E-state index contributed by atoms with van der Waals surface area (Å²) in [5, 5.41) is 2.86. The Labute approximate surface area is 126 Å². The quantitative estimate of drug-likeness (QED) is 0.926. The molecule has 1 N–H and O–H groups in total. The molecule has 21 heavy (non-hydrogen) atoms. The Bertz CT molecular complexity index is 521. The van der Waals surface area contributed by atoms with E-state index in [0.29, 0.717) is 0 Å². The first-order chi connectivity index (χ1) is 9.92. The second kappa shape index (κ2) is 5.88. The summed E-state index contributed by atoms with van der Waals surface area (Å²) in [6.45, 7) is 7.65. The van der Waals surface area contributed by atoms with Gasteiger partial charge >= 0.3 is 0 Å². The standard InChI is InChI=1S/C17H24N2O2/c1-5-13(6-2)19-14(12-10-8-7-9-11-12)15(20)18-17(3,4)16(19)21/h7-11,13-14H,5-6H2,1-4H3,(H,18,20). The maximum Gasteiger partial charge on any atom is 0.248 e. The fourth-order valence-corrected chi connectivity index (χ4v) is 3.00. The molecule has 114 valence electrons. The highest BCUT2D eigenvalue weighted by atomic mass is 16.2. The minimum Gasteiger partial charge on any atom is -0.340 e. The number of piperazine rings is 1. The van der Waals surface area contributed by atoms with Crippen molar-refractivity contribution >= 4 is 11.8 Å². The average molecular weight is 288 g/mol. The van der Waals surface area contributed by atoms with Crippen LogP contribution >= 0.6 is 0 Å². The summed E-state index contributed by atoms with van der Waals surface area (Å²) < 4.78 is 0. The Hall–Kier alpha value is -1.84. The van der Waals surface area contributed by atoms with Crippen molar-refractivity contribution in [2.75, 3.05) is 0 Å². The fraction of sp³-hybridized carbons (Fsp3) is 0.529. The highest BCUT2D eigenvalue weighted by Gasteiger charge is 2.47. The van der Waals surface area contributed by atoms with Crippen molar-refractivity contribution in [2.45, 2.75) is 58.2 Å².